The van der Waals surface area contributed by atoms with Gasteiger partial charge in [-0.1, -0.05) is 102 Å². The van der Waals surface area contributed by atoms with Crippen molar-refractivity contribution in [2.75, 3.05) is 0 Å². The molecule has 0 N–H and O–H groups in total. The molecule has 4 nitrogen and oxygen atoms in total. The number of aryl methyl sites for hydroxylation is 6. The smallest absolute Gasteiger partial charge is 0.386 e. The highest BCUT2D eigenvalue weighted by Crippen LogP contribution is 2.55. The van der Waals surface area contributed by atoms with E-state index in [9.17, 15) is 4.57 Å². The fourth-order valence-electron chi connectivity index (χ4n) is 5.72. The van der Waals surface area contributed by atoms with E-state index >= 15 is 0 Å². The van der Waals surface area contributed by atoms with Crippen LogP contribution in [-0.4, -0.2) is 0 Å². The van der Waals surface area contributed by atoms with Crippen molar-refractivity contribution >= 4 is 19.2 Å². The second-order valence-corrected chi connectivity index (χ2v) is 12.4. The highest BCUT2D eigenvalue weighted by Gasteiger charge is 2.36. The standard InChI is InChI=1S/C38H37O4P/c1-26-22-28(3)35(29(4)23-26)37(36-30(5)24-27(2)25-31(36)6)38(32-16-10-7-11-17-32)42-43(39,40-33-18-12-8-13-19-33)41-34-20-14-9-15-21-34/h7-25H,1-6H3. The lowest BCUT2D eigenvalue weighted by Gasteiger charge is -2.26. The first-order chi connectivity index (χ1) is 20.6. The Morgan fingerprint density at radius 3 is 1.23 bits per heavy atom. The minimum Gasteiger partial charge on any atom is -0.386 e. The summed E-state index contributed by atoms with van der Waals surface area (Å²) in [6, 6.07) is 36.4. The molecule has 0 unspecified atom stereocenters. The molecule has 5 rings (SSSR count). The van der Waals surface area contributed by atoms with Crippen LogP contribution in [0.15, 0.2) is 115 Å². The van der Waals surface area contributed by atoms with Crippen molar-refractivity contribution in [1.29, 1.82) is 0 Å². The van der Waals surface area contributed by atoms with Crippen LogP contribution >= 0.6 is 7.82 Å². The number of phosphoric ester groups is 1. The molecule has 0 aliphatic heterocycles. The van der Waals surface area contributed by atoms with Gasteiger partial charge in [0.1, 0.15) is 17.3 Å². The zero-order valence-electron chi connectivity index (χ0n) is 25.5. The summed E-state index contributed by atoms with van der Waals surface area (Å²) in [7, 11) is -4.32. The van der Waals surface area contributed by atoms with Crippen LogP contribution in [0.1, 0.15) is 50.1 Å². The van der Waals surface area contributed by atoms with Crippen molar-refractivity contribution in [2.24, 2.45) is 0 Å². The fourth-order valence-corrected chi connectivity index (χ4v) is 7.01. The summed E-state index contributed by atoms with van der Waals surface area (Å²) in [5.41, 5.74) is 10.3. The van der Waals surface area contributed by atoms with Gasteiger partial charge < -0.3 is 13.6 Å². The van der Waals surface area contributed by atoms with E-state index in [2.05, 4.69) is 65.8 Å². The second-order valence-electron chi connectivity index (χ2n) is 11.0. The molecule has 0 fully saturated rings. The Morgan fingerprint density at radius 1 is 0.512 bits per heavy atom. The molecule has 0 aliphatic rings. The molecule has 5 aromatic carbocycles. The molecule has 0 aliphatic carbocycles. The molecule has 0 amide bonds. The van der Waals surface area contributed by atoms with Gasteiger partial charge in [-0.2, -0.15) is 4.57 Å². The Bertz CT molecular complexity index is 1660. The van der Waals surface area contributed by atoms with Gasteiger partial charge in [0.15, 0.2) is 0 Å². The summed E-state index contributed by atoms with van der Waals surface area (Å²) in [4.78, 5) is 0. The van der Waals surface area contributed by atoms with E-state index in [1.807, 2.05) is 66.7 Å². The number of phosphoric acid groups is 1. The van der Waals surface area contributed by atoms with Crippen LogP contribution in [0.2, 0.25) is 0 Å². The van der Waals surface area contributed by atoms with Gasteiger partial charge in [0.05, 0.1) is 0 Å². The number of hydrogen-bond acceptors (Lipinski definition) is 4. The van der Waals surface area contributed by atoms with E-state index in [0.29, 0.717) is 17.3 Å². The summed E-state index contributed by atoms with van der Waals surface area (Å²) < 4.78 is 33.8. The van der Waals surface area contributed by atoms with Crippen LogP contribution in [0.5, 0.6) is 11.5 Å². The lowest BCUT2D eigenvalue weighted by molar-refractivity contribution is 0.285. The molecule has 0 aromatic heterocycles. The van der Waals surface area contributed by atoms with Crippen molar-refractivity contribution in [3.05, 3.63) is 165 Å². The fraction of sp³-hybridized carbons (Fsp3) is 0.158. The molecule has 43 heavy (non-hydrogen) atoms. The minimum absolute atomic E-state index is 0.376. The molecule has 218 valence electrons. The largest absolute Gasteiger partial charge is 0.647 e. The van der Waals surface area contributed by atoms with Crippen LogP contribution in [-0.2, 0) is 9.09 Å². The highest BCUT2D eigenvalue weighted by molar-refractivity contribution is 7.49. The summed E-state index contributed by atoms with van der Waals surface area (Å²) >= 11 is 0. The monoisotopic (exact) mass is 588 g/mol. The van der Waals surface area contributed by atoms with Gasteiger partial charge >= 0.3 is 7.82 Å². The van der Waals surface area contributed by atoms with E-state index in [4.69, 9.17) is 13.6 Å². The Kier molecular flexibility index (Phi) is 8.89. The molecule has 0 atom stereocenters. The normalized spacial score (nSPS) is 11.1. The van der Waals surface area contributed by atoms with Crippen LogP contribution in [0, 0.1) is 41.5 Å². The minimum atomic E-state index is -4.32. The Morgan fingerprint density at radius 2 is 0.860 bits per heavy atom. The van der Waals surface area contributed by atoms with Gasteiger partial charge in [-0.3, -0.25) is 0 Å². The molecule has 0 saturated heterocycles. The molecule has 0 radical (unpaired) electrons. The van der Waals surface area contributed by atoms with Crippen molar-refractivity contribution in [1.82, 2.24) is 0 Å². The van der Waals surface area contributed by atoms with E-state index in [-0.39, 0.29) is 0 Å². The van der Waals surface area contributed by atoms with E-state index in [1.54, 1.807) is 24.3 Å². The lowest BCUT2D eigenvalue weighted by Crippen LogP contribution is -2.09. The van der Waals surface area contributed by atoms with E-state index in [0.717, 1.165) is 44.5 Å². The quantitative estimate of drug-likeness (QED) is 0.0976. The topological polar surface area (TPSA) is 44.8 Å². The van der Waals surface area contributed by atoms with E-state index in [1.165, 1.54) is 11.1 Å². The first-order valence-electron chi connectivity index (χ1n) is 14.4. The number of benzene rings is 5. The van der Waals surface area contributed by atoms with Crippen molar-refractivity contribution in [2.45, 2.75) is 41.5 Å². The van der Waals surface area contributed by atoms with Crippen molar-refractivity contribution < 1.29 is 18.1 Å². The Hall–Kier alpha value is -4.53. The molecular formula is C38H37O4P. The predicted octanol–water partition coefficient (Wildman–Crippen LogP) is 10.7. The van der Waals surface area contributed by atoms with E-state index < -0.39 is 7.82 Å². The third-order valence-corrected chi connectivity index (χ3v) is 8.52. The zero-order chi connectivity index (χ0) is 30.6. The Balaban J connectivity index is 1.85. The first kappa shape index (κ1) is 29.9. The third kappa shape index (κ3) is 6.93. The average Bonchev–Trinajstić information content (AvgIpc) is 2.96. The number of para-hydroxylation sites is 2. The maximum Gasteiger partial charge on any atom is 0.647 e. The maximum absolute atomic E-state index is 14.8. The lowest BCUT2D eigenvalue weighted by atomic mass is 9.83. The summed E-state index contributed by atoms with van der Waals surface area (Å²) in [5, 5.41) is 0. The molecule has 0 spiro atoms. The SMILES string of the molecule is Cc1cc(C)c(C(=C(OP(=O)(Oc2ccccc2)Oc2ccccc2)c2ccccc2)c2c(C)cc(C)cc2C)c(C)c1. The number of hydrogen-bond donors (Lipinski definition) is 0. The highest BCUT2D eigenvalue weighted by atomic mass is 31.2. The van der Waals surface area contributed by atoms with Gasteiger partial charge in [0.2, 0.25) is 0 Å². The van der Waals surface area contributed by atoms with Gasteiger partial charge in [-0.05, 0) is 99.2 Å². The summed E-state index contributed by atoms with van der Waals surface area (Å²) in [5.74, 6) is 1.17. The van der Waals surface area contributed by atoms with Crippen LogP contribution < -0.4 is 9.05 Å². The summed E-state index contributed by atoms with van der Waals surface area (Å²) in [6.45, 7) is 12.6. The van der Waals surface area contributed by atoms with Gasteiger partial charge in [0.25, 0.3) is 0 Å². The van der Waals surface area contributed by atoms with Gasteiger partial charge in [0, 0.05) is 11.1 Å². The molecule has 5 heteroatoms. The second kappa shape index (κ2) is 12.8. The predicted molar refractivity (Wildman–Crippen MR) is 176 cm³/mol. The molecule has 0 bridgehead atoms. The Labute approximate surface area is 255 Å². The first-order valence-corrected chi connectivity index (χ1v) is 15.8. The third-order valence-electron chi connectivity index (χ3n) is 7.24. The van der Waals surface area contributed by atoms with Crippen LogP contribution in [0.25, 0.3) is 11.3 Å². The van der Waals surface area contributed by atoms with Crippen molar-refractivity contribution in [3.63, 3.8) is 0 Å². The maximum atomic E-state index is 14.8. The molecule has 0 heterocycles. The van der Waals surface area contributed by atoms with Gasteiger partial charge in [-0.15, -0.1) is 0 Å². The summed E-state index contributed by atoms with van der Waals surface area (Å²) in [6.07, 6.45) is 0. The van der Waals surface area contributed by atoms with Crippen molar-refractivity contribution in [3.8, 4) is 11.5 Å². The van der Waals surface area contributed by atoms with Gasteiger partial charge in [-0.25, -0.2) is 0 Å². The van der Waals surface area contributed by atoms with Crippen LogP contribution in [0.3, 0.4) is 0 Å². The average molecular weight is 589 g/mol. The van der Waals surface area contributed by atoms with Crippen LogP contribution in [0.4, 0.5) is 0 Å². The molecular weight excluding hydrogens is 551 g/mol. The zero-order valence-corrected chi connectivity index (χ0v) is 26.4. The number of rotatable bonds is 9. The molecule has 5 aromatic rings. The molecule has 0 saturated carbocycles.